The number of carbonyl (C=O) groups is 1. The summed E-state index contributed by atoms with van der Waals surface area (Å²) in [4.78, 5) is 11.9. The van der Waals surface area contributed by atoms with E-state index in [0.717, 1.165) is 0 Å². The molecule has 0 bridgehead atoms. The molecule has 0 saturated heterocycles. The molecule has 2 rings (SSSR count). The average molecular weight is 325 g/mol. The van der Waals surface area contributed by atoms with Crippen LogP contribution in [-0.2, 0) is 4.74 Å². The number of ether oxygens (including phenoxy) is 2. The van der Waals surface area contributed by atoms with Crippen LogP contribution in [-0.4, -0.2) is 36.0 Å². The largest absolute Gasteiger partial charge is 0.487 e. The van der Waals surface area contributed by atoms with Gasteiger partial charge in [-0.25, -0.2) is 4.79 Å². The normalized spacial score (nSPS) is 10.3. The van der Waals surface area contributed by atoms with E-state index in [1.54, 1.807) is 24.4 Å². The number of halogens is 1. The number of aromatic amines is 1. The lowest BCUT2D eigenvalue weighted by molar-refractivity contribution is 0.110. The average Bonchev–Trinajstić information content (AvgIpc) is 2.98. The molecule has 7 nitrogen and oxygen atoms in total. The highest BCUT2D eigenvalue weighted by molar-refractivity contribution is 6.32. The van der Waals surface area contributed by atoms with E-state index in [0.29, 0.717) is 42.0 Å². The van der Waals surface area contributed by atoms with Crippen LogP contribution in [0.5, 0.6) is 5.75 Å². The second-order valence-electron chi connectivity index (χ2n) is 4.23. The van der Waals surface area contributed by atoms with Gasteiger partial charge in [-0.05, 0) is 19.1 Å². The Kier molecular flexibility index (Phi) is 6.05. The highest BCUT2D eigenvalue weighted by atomic mass is 35.5. The van der Waals surface area contributed by atoms with Gasteiger partial charge in [0, 0.05) is 12.8 Å². The van der Waals surface area contributed by atoms with Gasteiger partial charge in [0.05, 0.1) is 29.2 Å². The molecule has 0 aliphatic rings. The van der Waals surface area contributed by atoms with Crippen LogP contribution in [0.25, 0.3) is 0 Å². The summed E-state index contributed by atoms with van der Waals surface area (Å²) >= 11 is 6.12. The summed E-state index contributed by atoms with van der Waals surface area (Å²) in [5, 5.41) is 12.1. The number of para-hydroxylation sites is 1. The smallest absolute Gasteiger partial charge is 0.323 e. The maximum absolute atomic E-state index is 11.9. The summed E-state index contributed by atoms with van der Waals surface area (Å²) in [6, 6.07) is 4.71. The van der Waals surface area contributed by atoms with Crippen LogP contribution in [0.3, 0.4) is 0 Å². The minimum absolute atomic E-state index is 0.343. The van der Waals surface area contributed by atoms with Crippen molar-refractivity contribution < 1.29 is 14.3 Å². The van der Waals surface area contributed by atoms with Crippen LogP contribution in [0, 0.1) is 0 Å². The van der Waals surface area contributed by atoms with Crippen molar-refractivity contribution in [2.24, 2.45) is 0 Å². The van der Waals surface area contributed by atoms with Crippen molar-refractivity contribution in [3.63, 3.8) is 0 Å². The van der Waals surface area contributed by atoms with Gasteiger partial charge < -0.3 is 20.1 Å². The summed E-state index contributed by atoms with van der Waals surface area (Å²) in [5.41, 5.74) is 1.03. The van der Waals surface area contributed by atoms with Crippen LogP contribution in [0.1, 0.15) is 6.92 Å². The van der Waals surface area contributed by atoms with Gasteiger partial charge in [0.1, 0.15) is 6.61 Å². The molecule has 118 valence electrons. The van der Waals surface area contributed by atoms with Crippen molar-refractivity contribution in [2.45, 2.75) is 6.92 Å². The number of nitrogens with zero attached hydrogens (tertiary/aromatic N) is 1. The molecule has 0 aliphatic heterocycles. The summed E-state index contributed by atoms with van der Waals surface area (Å²) in [7, 11) is 0. The second-order valence-corrected chi connectivity index (χ2v) is 4.64. The van der Waals surface area contributed by atoms with Crippen LogP contribution >= 0.6 is 11.6 Å². The van der Waals surface area contributed by atoms with Crippen LogP contribution in [0.15, 0.2) is 30.6 Å². The Hall–Kier alpha value is -2.25. The quantitative estimate of drug-likeness (QED) is 0.683. The first-order valence-electron chi connectivity index (χ1n) is 6.76. The number of rotatable bonds is 7. The van der Waals surface area contributed by atoms with E-state index in [1.165, 1.54) is 6.20 Å². The summed E-state index contributed by atoms with van der Waals surface area (Å²) in [6.07, 6.45) is 3.06. The number of nitrogens with one attached hydrogen (secondary N) is 3. The van der Waals surface area contributed by atoms with E-state index in [2.05, 4.69) is 20.8 Å². The number of aromatic nitrogens is 2. The van der Waals surface area contributed by atoms with E-state index in [4.69, 9.17) is 21.1 Å². The van der Waals surface area contributed by atoms with Gasteiger partial charge in [-0.2, -0.15) is 5.10 Å². The first kappa shape index (κ1) is 16.1. The Bertz CT molecular complexity index is 604. The lowest BCUT2D eigenvalue weighted by atomic mass is 10.3. The first-order chi connectivity index (χ1) is 10.7. The third-order valence-corrected chi connectivity index (χ3v) is 2.95. The molecule has 0 unspecified atom stereocenters. The van der Waals surface area contributed by atoms with Crippen LogP contribution < -0.4 is 15.4 Å². The van der Waals surface area contributed by atoms with E-state index >= 15 is 0 Å². The molecule has 0 fully saturated rings. The molecule has 0 aliphatic carbocycles. The SMILES string of the molecule is CCOCCOc1c(Cl)cccc1NC(=O)Nc1cn[nH]c1. The molecule has 0 spiro atoms. The number of carbonyl (C=O) groups excluding carboxylic acids is 1. The Balaban J connectivity index is 1.99. The van der Waals surface area contributed by atoms with E-state index in [-0.39, 0.29) is 0 Å². The number of benzene rings is 1. The molecule has 2 aromatic rings. The maximum atomic E-state index is 11.9. The Labute approximate surface area is 133 Å². The van der Waals surface area contributed by atoms with E-state index < -0.39 is 6.03 Å². The molecular weight excluding hydrogens is 308 g/mol. The minimum atomic E-state index is -0.418. The van der Waals surface area contributed by atoms with Crippen LogP contribution in [0.4, 0.5) is 16.2 Å². The molecule has 1 aromatic heterocycles. The fourth-order valence-corrected chi connectivity index (χ4v) is 1.93. The molecule has 0 saturated carbocycles. The first-order valence-corrected chi connectivity index (χ1v) is 7.14. The topological polar surface area (TPSA) is 88.3 Å². The number of hydrogen-bond acceptors (Lipinski definition) is 4. The van der Waals surface area contributed by atoms with E-state index in [1.807, 2.05) is 6.92 Å². The third kappa shape index (κ3) is 4.64. The Morgan fingerprint density at radius 3 is 2.95 bits per heavy atom. The zero-order chi connectivity index (χ0) is 15.8. The van der Waals surface area contributed by atoms with Crippen molar-refractivity contribution in [2.75, 3.05) is 30.5 Å². The molecule has 1 heterocycles. The monoisotopic (exact) mass is 324 g/mol. The van der Waals surface area contributed by atoms with Gasteiger partial charge in [0.25, 0.3) is 0 Å². The Morgan fingerprint density at radius 2 is 2.23 bits per heavy atom. The molecule has 8 heteroatoms. The van der Waals surface area contributed by atoms with Gasteiger partial charge in [-0.1, -0.05) is 17.7 Å². The van der Waals surface area contributed by atoms with Crippen molar-refractivity contribution in [3.05, 3.63) is 35.6 Å². The van der Waals surface area contributed by atoms with Crippen molar-refractivity contribution in [1.82, 2.24) is 10.2 Å². The summed E-state index contributed by atoms with van der Waals surface area (Å²) in [5.74, 6) is 0.409. The fraction of sp³-hybridized carbons (Fsp3) is 0.286. The summed E-state index contributed by atoms with van der Waals surface area (Å²) in [6.45, 7) is 3.31. The Morgan fingerprint density at radius 1 is 1.36 bits per heavy atom. The van der Waals surface area contributed by atoms with Gasteiger partial charge in [0.15, 0.2) is 5.75 Å². The standard InChI is InChI=1S/C14H17ClN4O3/c1-2-21-6-7-22-13-11(15)4-3-5-12(13)19-14(20)18-10-8-16-17-9-10/h3-5,8-9H,2,6-7H2,1H3,(H,16,17)(H2,18,19,20). The maximum Gasteiger partial charge on any atom is 0.323 e. The number of hydrogen-bond donors (Lipinski definition) is 3. The lowest BCUT2D eigenvalue weighted by Gasteiger charge is -2.14. The van der Waals surface area contributed by atoms with Gasteiger partial charge >= 0.3 is 6.03 Å². The van der Waals surface area contributed by atoms with Crippen molar-refractivity contribution in [1.29, 1.82) is 0 Å². The minimum Gasteiger partial charge on any atom is -0.487 e. The molecule has 0 radical (unpaired) electrons. The molecular formula is C14H17ClN4O3. The highest BCUT2D eigenvalue weighted by Gasteiger charge is 2.12. The summed E-state index contributed by atoms with van der Waals surface area (Å²) < 4.78 is 10.8. The van der Waals surface area contributed by atoms with E-state index in [9.17, 15) is 4.79 Å². The predicted octanol–water partition coefficient (Wildman–Crippen LogP) is 3.12. The van der Waals surface area contributed by atoms with Gasteiger partial charge in [-0.15, -0.1) is 0 Å². The fourth-order valence-electron chi connectivity index (χ4n) is 1.70. The molecule has 1 aromatic carbocycles. The number of urea groups is 1. The second kappa shape index (κ2) is 8.26. The number of H-pyrrole nitrogens is 1. The predicted molar refractivity (Wildman–Crippen MR) is 84.7 cm³/mol. The molecule has 0 atom stereocenters. The third-order valence-electron chi connectivity index (χ3n) is 2.65. The van der Waals surface area contributed by atoms with Crippen molar-refractivity contribution >= 4 is 29.0 Å². The highest BCUT2D eigenvalue weighted by Crippen LogP contribution is 2.32. The molecule has 3 N–H and O–H groups in total. The molecule has 2 amide bonds. The zero-order valence-corrected chi connectivity index (χ0v) is 12.8. The zero-order valence-electron chi connectivity index (χ0n) is 12.1. The molecule has 22 heavy (non-hydrogen) atoms. The van der Waals surface area contributed by atoms with Crippen LogP contribution in [0.2, 0.25) is 5.02 Å². The van der Waals surface area contributed by atoms with Crippen molar-refractivity contribution in [3.8, 4) is 5.75 Å². The number of anilines is 2. The van der Waals surface area contributed by atoms with Gasteiger partial charge in [-0.3, -0.25) is 5.10 Å². The number of amides is 2. The lowest BCUT2D eigenvalue weighted by Crippen LogP contribution is -2.20. The van der Waals surface area contributed by atoms with Gasteiger partial charge in [0.2, 0.25) is 0 Å².